The van der Waals surface area contributed by atoms with Gasteiger partial charge in [-0.05, 0) is 46.7 Å². The van der Waals surface area contributed by atoms with E-state index in [0.717, 1.165) is 25.5 Å². The maximum absolute atomic E-state index is 10.6. The Labute approximate surface area is 115 Å². The molecule has 2 heterocycles. The van der Waals surface area contributed by atoms with Crippen molar-refractivity contribution in [2.45, 2.75) is 64.6 Å². The first-order valence-corrected chi connectivity index (χ1v) is 7.35. The third-order valence-electron chi connectivity index (χ3n) is 4.36. The monoisotopic (exact) mass is 266 g/mol. The Morgan fingerprint density at radius 2 is 2.00 bits per heavy atom. The Balaban J connectivity index is 2.03. The molecule has 2 rings (SSSR count). The minimum atomic E-state index is -0.417. The van der Waals surface area contributed by atoms with Crippen molar-refractivity contribution in [3.8, 4) is 0 Å². The predicted octanol–water partition coefficient (Wildman–Crippen LogP) is 1.47. The number of likely N-dealkylation sites (tertiary alicyclic amines) is 1. The largest absolute Gasteiger partial charge is 0.391 e. The van der Waals surface area contributed by atoms with Gasteiger partial charge in [0, 0.05) is 18.5 Å². The van der Waals surface area contributed by atoms with Crippen LogP contribution in [0.25, 0.3) is 0 Å². The number of aromatic nitrogens is 3. The number of aliphatic hydroxyl groups is 1. The molecule has 1 aromatic heterocycles. The average Bonchev–Trinajstić information content (AvgIpc) is 2.87. The molecule has 0 bridgehead atoms. The third kappa shape index (κ3) is 3.15. The molecule has 5 nitrogen and oxygen atoms in total. The van der Waals surface area contributed by atoms with Gasteiger partial charge in [-0.15, -0.1) is 0 Å². The van der Waals surface area contributed by atoms with Crippen LogP contribution >= 0.6 is 0 Å². The third-order valence-corrected chi connectivity index (χ3v) is 4.36. The van der Waals surface area contributed by atoms with Crippen molar-refractivity contribution in [1.82, 2.24) is 19.7 Å². The standard InChI is InChI=1S/C14H26N4O/c1-4-18-13(15-11-16-18)10-12(19)14(2,3)17-8-6-5-7-9-17/h11-12,19H,4-10H2,1-3H3. The summed E-state index contributed by atoms with van der Waals surface area (Å²) < 4.78 is 1.86. The molecule has 1 aromatic rings. The van der Waals surface area contributed by atoms with Crippen LogP contribution in [0.15, 0.2) is 6.33 Å². The second kappa shape index (κ2) is 6.01. The number of hydrogen-bond acceptors (Lipinski definition) is 4. The molecule has 5 heteroatoms. The minimum absolute atomic E-state index is 0.203. The Morgan fingerprint density at radius 1 is 1.32 bits per heavy atom. The van der Waals surface area contributed by atoms with E-state index in [9.17, 15) is 5.11 Å². The van der Waals surface area contributed by atoms with Crippen molar-refractivity contribution in [3.63, 3.8) is 0 Å². The van der Waals surface area contributed by atoms with Crippen molar-refractivity contribution >= 4 is 0 Å². The zero-order valence-electron chi connectivity index (χ0n) is 12.3. The zero-order valence-corrected chi connectivity index (χ0v) is 12.3. The fraction of sp³-hybridized carbons (Fsp3) is 0.857. The molecule has 0 radical (unpaired) electrons. The highest BCUT2D eigenvalue weighted by molar-refractivity contribution is 4.97. The topological polar surface area (TPSA) is 54.2 Å². The van der Waals surface area contributed by atoms with Gasteiger partial charge >= 0.3 is 0 Å². The van der Waals surface area contributed by atoms with Crippen molar-refractivity contribution < 1.29 is 5.11 Å². The quantitative estimate of drug-likeness (QED) is 0.877. The highest BCUT2D eigenvalue weighted by atomic mass is 16.3. The van der Waals surface area contributed by atoms with Gasteiger partial charge in [0.15, 0.2) is 0 Å². The lowest BCUT2D eigenvalue weighted by atomic mass is 9.90. The van der Waals surface area contributed by atoms with Gasteiger partial charge in [-0.25, -0.2) is 4.98 Å². The van der Waals surface area contributed by atoms with Crippen LogP contribution in [-0.2, 0) is 13.0 Å². The molecule has 108 valence electrons. The summed E-state index contributed by atoms with van der Waals surface area (Å²) in [6.07, 6.45) is 5.51. The number of nitrogens with zero attached hydrogens (tertiary/aromatic N) is 4. The molecule has 1 saturated heterocycles. The van der Waals surface area contributed by atoms with Crippen molar-refractivity contribution in [1.29, 1.82) is 0 Å². The number of piperidine rings is 1. The Kier molecular flexibility index (Phi) is 4.58. The molecular formula is C14H26N4O. The Morgan fingerprint density at radius 3 is 2.63 bits per heavy atom. The minimum Gasteiger partial charge on any atom is -0.391 e. The maximum Gasteiger partial charge on any atom is 0.138 e. The van der Waals surface area contributed by atoms with Crippen molar-refractivity contribution in [2.24, 2.45) is 0 Å². The number of hydrogen-bond donors (Lipinski definition) is 1. The first-order chi connectivity index (χ1) is 9.05. The van der Waals surface area contributed by atoms with Gasteiger partial charge in [0.2, 0.25) is 0 Å². The lowest BCUT2D eigenvalue weighted by molar-refractivity contribution is -0.0200. The first-order valence-electron chi connectivity index (χ1n) is 7.35. The normalized spacial score (nSPS) is 19.6. The summed E-state index contributed by atoms with van der Waals surface area (Å²) in [7, 11) is 0. The highest BCUT2D eigenvalue weighted by Gasteiger charge is 2.35. The van der Waals surface area contributed by atoms with Gasteiger partial charge < -0.3 is 5.11 Å². The van der Waals surface area contributed by atoms with E-state index in [0.29, 0.717) is 6.42 Å². The molecule has 0 aliphatic carbocycles. The van der Waals surface area contributed by atoms with Gasteiger partial charge in [-0.3, -0.25) is 9.58 Å². The lowest BCUT2D eigenvalue weighted by Crippen LogP contribution is -2.55. The molecule has 1 aliphatic rings. The summed E-state index contributed by atoms with van der Waals surface area (Å²) in [6.45, 7) is 9.28. The maximum atomic E-state index is 10.6. The van der Waals surface area contributed by atoms with Crippen molar-refractivity contribution in [2.75, 3.05) is 13.1 Å². The number of aryl methyl sites for hydroxylation is 1. The van der Waals surface area contributed by atoms with Crippen LogP contribution in [0.3, 0.4) is 0 Å². The van der Waals surface area contributed by atoms with Crippen molar-refractivity contribution in [3.05, 3.63) is 12.2 Å². The molecule has 0 saturated carbocycles. The van der Waals surface area contributed by atoms with Gasteiger partial charge in [0.25, 0.3) is 0 Å². The SMILES string of the molecule is CCn1ncnc1CC(O)C(C)(C)N1CCCCC1. The molecule has 0 spiro atoms. The van der Waals surface area contributed by atoms with E-state index in [4.69, 9.17) is 0 Å². The summed E-state index contributed by atoms with van der Waals surface area (Å²) in [5, 5.41) is 14.8. The number of aliphatic hydroxyl groups excluding tert-OH is 1. The van der Waals surface area contributed by atoms with Gasteiger partial charge in [0.05, 0.1) is 6.10 Å². The van der Waals surface area contributed by atoms with Crippen LogP contribution in [-0.4, -0.2) is 49.5 Å². The van der Waals surface area contributed by atoms with Gasteiger partial charge in [-0.2, -0.15) is 5.10 Å². The van der Waals surface area contributed by atoms with E-state index in [2.05, 4.69) is 28.8 Å². The predicted molar refractivity (Wildman–Crippen MR) is 74.9 cm³/mol. The molecule has 1 unspecified atom stereocenters. The summed E-state index contributed by atoms with van der Waals surface area (Å²) in [4.78, 5) is 6.67. The summed E-state index contributed by atoms with van der Waals surface area (Å²) >= 11 is 0. The highest BCUT2D eigenvalue weighted by Crippen LogP contribution is 2.25. The molecule has 1 aliphatic heterocycles. The second-order valence-electron chi connectivity index (χ2n) is 5.91. The Bertz CT molecular complexity index is 396. The van der Waals surface area contributed by atoms with Crippen LogP contribution in [0.5, 0.6) is 0 Å². The van der Waals surface area contributed by atoms with E-state index in [-0.39, 0.29) is 5.54 Å². The molecule has 19 heavy (non-hydrogen) atoms. The van der Waals surface area contributed by atoms with E-state index in [1.165, 1.54) is 19.3 Å². The Hall–Kier alpha value is -0.940. The molecule has 0 amide bonds. The first kappa shape index (κ1) is 14.5. The van der Waals surface area contributed by atoms with E-state index in [1.54, 1.807) is 6.33 Å². The fourth-order valence-corrected chi connectivity index (χ4v) is 2.81. The lowest BCUT2D eigenvalue weighted by Gasteiger charge is -2.43. The number of rotatable bonds is 5. The van der Waals surface area contributed by atoms with Crippen LogP contribution < -0.4 is 0 Å². The molecule has 1 fully saturated rings. The van der Waals surface area contributed by atoms with Crippen LogP contribution in [0.1, 0.15) is 45.9 Å². The summed E-state index contributed by atoms with van der Waals surface area (Å²) in [5.41, 5.74) is -0.203. The average molecular weight is 266 g/mol. The van der Waals surface area contributed by atoms with Gasteiger partial charge in [-0.1, -0.05) is 6.42 Å². The smallest absolute Gasteiger partial charge is 0.138 e. The molecule has 0 aromatic carbocycles. The van der Waals surface area contributed by atoms with E-state index < -0.39 is 6.10 Å². The van der Waals surface area contributed by atoms with E-state index >= 15 is 0 Å². The molecule has 1 N–H and O–H groups in total. The fourth-order valence-electron chi connectivity index (χ4n) is 2.81. The van der Waals surface area contributed by atoms with Crippen LogP contribution in [0.2, 0.25) is 0 Å². The second-order valence-corrected chi connectivity index (χ2v) is 5.91. The summed E-state index contributed by atoms with van der Waals surface area (Å²) in [5.74, 6) is 0.875. The van der Waals surface area contributed by atoms with Crippen LogP contribution in [0, 0.1) is 0 Å². The zero-order chi connectivity index (χ0) is 13.9. The summed E-state index contributed by atoms with van der Waals surface area (Å²) in [6, 6.07) is 0. The molecular weight excluding hydrogens is 240 g/mol. The molecule has 1 atom stereocenters. The van der Waals surface area contributed by atoms with E-state index in [1.807, 2.05) is 11.6 Å². The van der Waals surface area contributed by atoms with Gasteiger partial charge in [0.1, 0.15) is 12.2 Å². The van der Waals surface area contributed by atoms with Crippen LogP contribution in [0.4, 0.5) is 0 Å².